The molecular weight excluding hydrogens is 414 g/mol. The molecule has 33 heavy (non-hydrogen) atoms. The number of rotatable bonds is 9. The van der Waals surface area contributed by atoms with Crippen molar-refractivity contribution >= 4 is 22.9 Å². The van der Waals surface area contributed by atoms with Gasteiger partial charge in [0.2, 0.25) is 5.95 Å². The number of benzene rings is 1. The van der Waals surface area contributed by atoms with Crippen molar-refractivity contribution in [2.45, 2.75) is 44.7 Å². The van der Waals surface area contributed by atoms with Crippen LogP contribution in [-0.2, 0) is 6.54 Å². The number of pyridine rings is 1. The Kier molecular flexibility index (Phi) is 6.61. The summed E-state index contributed by atoms with van der Waals surface area (Å²) >= 11 is 0. The average Bonchev–Trinajstić information content (AvgIpc) is 3.31. The molecule has 3 aromatic heterocycles. The van der Waals surface area contributed by atoms with Crippen molar-refractivity contribution in [3.05, 3.63) is 66.7 Å². The Morgan fingerprint density at radius 3 is 2.67 bits per heavy atom. The summed E-state index contributed by atoms with van der Waals surface area (Å²) in [5, 5.41) is 6.76. The third kappa shape index (κ3) is 5.22. The molecule has 1 aliphatic carbocycles. The number of aromatic nitrogens is 5. The van der Waals surface area contributed by atoms with Crippen LogP contribution >= 0.6 is 0 Å². The molecule has 0 amide bonds. The molecule has 1 saturated carbocycles. The standard InChI is InChI=1S/C25H29N7O/c1-3-9-20(10-4-1)32-18-29-22-23(27-14-15-33-21-11-5-2-6-12-21)30-25(31-24(22)32)28-17-19-8-7-13-26-16-19/h2,5-8,11-13,16,18,20H,1,3-4,9-10,14-15,17H2,(H2,27,28,30,31). The lowest BCUT2D eigenvalue weighted by atomic mass is 9.95. The Morgan fingerprint density at radius 1 is 0.970 bits per heavy atom. The van der Waals surface area contributed by atoms with Crippen LogP contribution in [-0.4, -0.2) is 37.7 Å². The van der Waals surface area contributed by atoms with Gasteiger partial charge in [-0.25, -0.2) is 4.98 Å². The molecule has 1 fully saturated rings. The van der Waals surface area contributed by atoms with Gasteiger partial charge in [-0.05, 0) is 36.6 Å². The van der Waals surface area contributed by atoms with Gasteiger partial charge in [0.15, 0.2) is 17.0 Å². The first-order valence-electron chi connectivity index (χ1n) is 11.7. The number of nitrogens with one attached hydrogen (secondary N) is 2. The molecule has 1 aliphatic rings. The average molecular weight is 444 g/mol. The van der Waals surface area contributed by atoms with Crippen LogP contribution in [0.1, 0.15) is 43.7 Å². The largest absolute Gasteiger partial charge is 0.492 e. The van der Waals surface area contributed by atoms with Gasteiger partial charge in [0.1, 0.15) is 12.4 Å². The second-order valence-corrected chi connectivity index (χ2v) is 8.31. The van der Waals surface area contributed by atoms with Crippen molar-refractivity contribution in [3.63, 3.8) is 0 Å². The fraction of sp³-hybridized carbons (Fsp3) is 0.360. The van der Waals surface area contributed by atoms with Crippen molar-refractivity contribution in [2.75, 3.05) is 23.8 Å². The zero-order chi connectivity index (χ0) is 22.3. The molecule has 0 saturated heterocycles. The van der Waals surface area contributed by atoms with Gasteiger partial charge in [0.05, 0.1) is 12.9 Å². The second-order valence-electron chi connectivity index (χ2n) is 8.31. The number of nitrogens with zero attached hydrogens (tertiary/aromatic N) is 5. The Balaban J connectivity index is 1.36. The summed E-state index contributed by atoms with van der Waals surface area (Å²) in [7, 11) is 0. The van der Waals surface area contributed by atoms with Crippen LogP contribution in [0.4, 0.5) is 11.8 Å². The molecular formula is C25H29N7O. The van der Waals surface area contributed by atoms with Crippen molar-refractivity contribution < 1.29 is 4.74 Å². The lowest BCUT2D eigenvalue weighted by Crippen LogP contribution is -2.15. The fourth-order valence-corrected chi connectivity index (χ4v) is 4.28. The van der Waals surface area contributed by atoms with E-state index < -0.39 is 0 Å². The molecule has 0 radical (unpaired) electrons. The molecule has 5 rings (SSSR count). The lowest BCUT2D eigenvalue weighted by molar-refractivity contribution is 0.333. The van der Waals surface area contributed by atoms with Gasteiger partial charge in [-0.1, -0.05) is 43.5 Å². The first-order chi connectivity index (χ1) is 16.4. The van der Waals surface area contributed by atoms with Gasteiger partial charge in [-0.3, -0.25) is 4.98 Å². The van der Waals surface area contributed by atoms with E-state index in [1.54, 1.807) is 6.20 Å². The molecule has 3 heterocycles. The quantitative estimate of drug-likeness (QED) is 0.358. The highest BCUT2D eigenvalue weighted by molar-refractivity contribution is 5.84. The van der Waals surface area contributed by atoms with Gasteiger partial charge in [-0.2, -0.15) is 9.97 Å². The maximum Gasteiger partial charge on any atom is 0.227 e. The fourth-order valence-electron chi connectivity index (χ4n) is 4.28. The van der Waals surface area contributed by atoms with Crippen LogP contribution in [0.5, 0.6) is 5.75 Å². The maximum atomic E-state index is 5.82. The summed E-state index contributed by atoms with van der Waals surface area (Å²) in [5.74, 6) is 2.16. The summed E-state index contributed by atoms with van der Waals surface area (Å²) in [6, 6.07) is 14.2. The molecule has 0 aliphatic heterocycles. The summed E-state index contributed by atoms with van der Waals surface area (Å²) in [6.45, 7) is 1.74. The molecule has 4 aromatic rings. The lowest BCUT2D eigenvalue weighted by Gasteiger charge is -2.23. The number of imidazole rings is 1. The second kappa shape index (κ2) is 10.3. The van der Waals surface area contributed by atoms with Crippen LogP contribution in [0, 0.1) is 0 Å². The highest BCUT2D eigenvalue weighted by atomic mass is 16.5. The minimum atomic E-state index is 0.444. The van der Waals surface area contributed by atoms with E-state index in [4.69, 9.17) is 14.7 Å². The zero-order valence-corrected chi connectivity index (χ0v) is 18.7. The van der Waals surface area contributed by atoms with Crippen molar-refractivity contribution in [2.24, 2.45) is 0 Å². The third-order valence-corrected chi connectivity index (χ3v) is 5.97. The zero-order valence-electron chi connectivity index (χ0n) is 18.7. The summed E-state index contributed by atoms with van der Waals surface area (Å²) in [6.07, 6.45) is 11.7. The molecule has 0 unspecified atom stereocenters. The van der Waals surface area contributed by atoms with Crippen molar-refractivity contribution in [3.8, 4) is 5.75 Å². The summed E-state index contributed by atoms with van der Waals surface area (Å²) < 4.78 is 8.05. The van der Waals surface area contributed by atoms with E-state index >= 15 is 0 Å². The number of ether oxygens (including phenoxy) is 1. The SMILES string of the molecule is c1ccc(OCCNc2nc(NCc3cccnc3)nc3c2ncn3C2CCCCC2)cc1. The van der Waals surface area contributed by atoms with Crippen LogP contribution < -0.4 is 15.4 Å². The number of anilines is 2. The van der Waals surface area contributed by atoms with Gasteiger partial charge < -0.3 is 19.9 Å². The molecule has 170 valence electrons. The van der Waals surface area contributed by atoms with Gasteiger partial charge in [-0.15, -0.1) is 0 Å². The number of hydrogen-bond acceptors (Lipinski definition) is 7. The van der Waals surface area contributed by atoms with E-state index in [0.29, 0.717) is 31.7 Å². The predicted octanol–water partition coefficient (Wildman–Crippen LogP) is 4.83. The molecule has 2 N–H and O–H groups in total. The topological polar surface area (TPSA) is 89.8 Å². The van der Waals surface area contributed by atoms with Gasteiger partial charge in [0, 0.05) is 25.0 Å². The molecule has 0 bridgehead atoms. The third-order valence-electron chi connectivity index (χ3n) is 5.97. The summed E-state index contributed by atoms with van der Waals surface area (Å²) in [4.78, 5) is 18.5. The van der Waals surface area contributed by atoms with Crippen molar-refractivity contribution in [1.82, 2.24) is 24.5 Å². The smallest absolute Gasteiger partial charge is 0.227 e. The highest BCUT2D eigenvalue weighted by Crippen LogP contribution is 2.32. The molecule has 0 spiro atoms. The number of hydrogen-bond donors (Lipinski definition) is 2. The van der Waals surface area contributed by atoms with E-state index in [1.165, 1.54) is 32.1 Å². The van der Waals surface area contributed by atoms with Crippen LogP contribution in [0.25, 0.3) is 11.2 Å². The van der Waals surface area contributed by atoms with Crippen LogP contribution in [0.2, 0.25) is 0 Å². The first kappa shape index (κ1) is 21.2. The van der Waals surface area contributed by atoms with Crippen molar-refractivity contribution in [1.29, 1.82) is 0 Å². The van der Waals surface area contributed by atoms with E-state index in [9.17, 15) is 0 Å². The Hall–Kier alpha value is -3.68. The highest BCUT2D eigenvalue weighted by Gasteiger charge is 2.20. The summed E-state index contributed by atoms with van der Waals surface area (Å²) in [5.41, 5.74) is 2.75. The van der Waals surface area contributed by atoms with E-state index in [0.717, 1.165) is 28.3 Å². The van der Waals surface area contributed by atoms with E-state index in [2.05, 4.69) is 25.2 Å². The molecule has 8 heteroatoms. The molecule has 8 nitrogen and oxygen atoms in total. The molecule has 1 aromatic carbocycles. The van der Waals surface area contributed by atoms with Crippen LogP contribution in [0.3, 0.4) is 0 Å². The van der Waals surface area contributed by atoms with E-state index in [1.807, 2.05) is 55.0 Å². The number of para-hydroxylation sites is 1. The normalized spacial score (nSPS) is 14.3. The maximum absolute atomic E-state index is 5.82. The number of fused-ring (bicyclic) bond motifs is 1. The Bertz CT molecular complexity index is 1160. The predicted molar refractivity (Wildman–Crippen MR) is 129 cm³/mol. The van der Waals surface area contributed by atoms with Crippen LogP contribution in [0.15, 0.2) is 61.2 Å². The Morgan fingerprint density at radius 2 is 1.85 bits per heavy atom. The first-order valence-corrected chi connectivity index (χ1v) is 11.7. The minimum Gasteiger partial charge on any atom is -0.492 e. The monoisotopic (exact) mass is 443 g/mol. The van der Waals surface area contributed by atoms with E-state index in [-0.39, 0.29) is 0 Å². The Labute approximate surface area is 193 Å². The van der Waals surface area contributed by atoms with Gasteiger partial charge >= 0.3 is 0 Å². The molecule has 0 atom stereocenters. The van der Waals surface area contributed by atoms with Gasteiger partial charge in [0.25, 0.3) is 0 Å². The minimum absolute atomic E-state index is 0.444.